The van der Waals surface area contributed by atoms with Crippen LogP contribution in [0.3, 0.4) is 0 Å². The second kappa shape index (κ2) is 10.2. The summed E-state index contributed by atoms with van der Waals surface area (Å²) in [4.78, 5) is 25.8. The number of hydrogen-bond donors (Lipinski definition) is 1. The lowest BCUT2D eigenvalue weighted by Gasteiger charge is -2.22. The van der Waals surface area contributed by atoms with Gasteiger partial charge in [-0.2, -0.15) is 0 Å². The molecule has 0 saturated carbocycles. The Balaban J connectivity index is 1.96. The van der Waals surface area contributed by atoms with E-state index in [1.807, 2.05) is 25.1 Å². The highest BCUT2D eigenvalue weighted by Crippen LogP contribution is 2.18. The Morgan fingerprint density at radius 3 is 2.27 bits per heavy atom. The van der Waals surface area contributed by atoms with Crippen molar-refractivity contribution in [1.29, 1.82) is 0 Å². The van der Waals surface area contributed by atoms with Gasteiger partial charge in [0.05, 0.1) is 11.9 Å². The quantitative estimate of drug-likeness (QED) is 0.617. The van der Waals surface area contributed by atoms with Gasteiger partial charge >= 0.3 is 0 Å². The van der Waals surface area contributed by atoms with Gasteiger partial charge in [-0.05, 0) is 49.6 Å². The molecule has 0 aliphatic rings. The Hall–Kier alpha value is -2.87. The van der Waals surface area contributed by atoms with Gasteiger partial charge in [0.25, 0.3) is 5.91 Å². The minimum atomic E-state index is -3.66. The van der Waals surface area contributed by atoms with Crippen molar-refractivity contribution < 1.29 is 18.0 Å². The molecule has 8 heteroatoms. The molecule has 0 spiro atoms. The predicted molar refractivity (Wildman–Crippen MR) is 119 cm³/mol. The lowest BCUT2D eigenvalue weighted by Crippen LogP contribution is -2.40. The molecule has 0 saturated heterocycles. The van der Waals surface area contributed by atoms with Crippen LogP contribution in [-0.2, 0) is 21.2 Å². The molecule has 1 N–H and O–H groups in total. The molecule has 0 aliphatic carbocycles. The third-order valence-electron chi connectivity index (χ3n) is 4.54. The van der Waals surface area contributed by atoms with E-state index in [1.54, 1.807) is 26.2 Å². The summed E-state index contributed by atoms with van der Waals surface area (Å²) in [5.74, 6) is -0.558. The van der Waals surface area contributed by atoms with Gasteiger partial charge in [0, 0.05) is 26.2 Å². The summed E-state index contributed by atoms with van der Waals surface area (Å²) in [6.07, 6.45) is 2.64. The highest BCUT2D eigenvalue weighted by Gasteiger charge is 2.21. The van der Waals surface area contributed by atoms with Crippen molar-refractivity contribution in [3.05, 3.63) is 65.2 Å². The van der Waals surface area contributed by atoms with Crippen LogP contribution in [0.2, 0.25) is 0 Å². The molecule has 0 atom stereocenters. The molecule has 162 valence electrons. The highest BCUT2D eigenvalue weighted by atomic mass is 32.2. The van der Waals surface area contributed by atoms with Crippen molar-refractivity contribution in [2.45, 2.75) is 19.8 Å². The normalized spacial score (nSPS) is 11.1. The summed E-state index contributed by atoms with van der Waals surface area (Å²) < 4.78 is 25.5. The summed E-state index contributed by atoms with van der Waals surface area (Å²) in [5.41, 5.74) is 3.17. The Morgan fingerprint density at radius 2 is 1.70 bits per heavy atom. The molecule has 7 nitrogen and oxygen atoms in total. The van der Waals surface area contributed by atoms with Crippen LogP contribution < -0.4 is 9.62 Å². The molecule has 2 aromatic rings. The first-order valence-corrected chi connectivity index (χ1v) is 11.5. The van der Waals surface area contributed by atoms with E-state index in [0.717, 1.165) is 23.4 Å². The number of aryl methyl sites for hydroxylation is 2. The van der Waals surface area contributed by atoms with Crippen LogP contribution in [0.25, 0.3) is 0 Å². The lowest BCUT2D eigenvalue weighted by molar-refractivity contribution is -0.119. The first kappa shape index (κ1) is 23.4. The largest absolute Gasteiger partial charge is 0.355 e. The molecule has 0 bridgehead atoms. The van der Waals surface area contributed by atoms with Gasteiger partial charge in [-0.3, -0.25) is 13.9 Å². The molecule has 0 unspecified atom stereocenters. The molecule has 0 aliphatic heterocycles. The Labute approximate surface area is 178 Å². The fourth-order valence-electron chi connectivity index (χ4n) is 3.00. The van der Waals surface area contributed by atoms with E-state index in [0.29, 0.717) is 17.8 Å². The van der Waals surface area contributed by atoms with Gasteiger partial charge in [0.2, 0.25) is 15.9 Å². The highest BCUT2D eigenvalue weighted by molar-refractivity contribution is 7.92. The van der Waals surface area contributed by atoms with E-state index in [9.17, 15) is 18.0 Å². The minimum absolute atomic E-state index is 0.182. The standard InChI is InChI=1S/C22H29N3O4S/c1-17-7-5-8-18(15-17)9-6-14-23-21(26)16-25(30(4,28)29)20-12-10-19(11-13-20)22(27)24(2)3/h5,7-8,10-13,15H,6,9,14,16H2,1-4H3,(H,23,26). The van der Waals surface area contributed by atoms with Gasteiger partial charge in [-0.15, -0.1) is 0 Å². The molecule has 0 aromatic heterocycles. The fourth-order valence-corrected chi connectivity index (χ4v) is 3.86. The van der Waals surface area contributed by atoms with Crippen LogP contribution >= 0.6 is 0 Å². The second-order valence-corrected chi connectivity index (χ2v) is 9.37. The van der Waals surface area contributed by atoms with E-state index in [-0.39, 0.29) is 18.4 Å². The van der Waals surface area contributed by atoms with Crippen LogP contribution in [0.15, 0.2) is 48.5 Å². The molecule has 0 radical (unpaired) electrons. The maximum Gasteiger partial charge on any atom is 0.253 e. The molecule has 2 rings (SSSR count). The van der Waals surface area contributed by atoms with Gasteiger partial charge in [0.1, 0.15) is 6.54 Å². The first-order chi connectivity index (χ1) is 14.1. The van der Waals surface area contributed by atoms with Crippen molar-refractivity contribution in [1.82, 2.24) is 10.2 Å². The van der Waals surface area contributed by atoms with Crippen LogP contribution in [0.5, 0.6) is 0 Å². The number of nitrogens with one attached hydrogen (secondary N) is 1. The summed E-state index contributed by atoms with van der Waals surface area (Å²) in [7, 11) is -0.381. The maximum atomic E-state index is 12.3. The Bertz CT molecular complexity index is 986. The third-order valence-corrected chi connectivity index (χ3v) is 5.68. The summed E-state index contributed by atoms with van der Waals surface area (Å²) in [5, 5.41) is 2.78. The van der Waals surface area contributed by atoms with Gasteiger partial charge in [-0.1, -0.05) is 29.8 Å². The van der Waals surface area contributed by atoms with E-state index >= 15 is 0 Å². The minimum Gasteiger partial charge on any atom is -0.355 e. The summed E-state index contributed by atoms with van der Waals surface area (Å²) in [6.45, 7) is 2.18. The monoisotopic (exact) mass is 431 g/mol. The van der Waals surface area contributed by atoms with Crippen LogP contribution in [-0.4, -0.2) is 58.6 Å². The third kappa shape index (κ3) is 6.88. The number of sulfonamides is 1. The molecular formula is C22H29N3O4S. The zero-order chi connectivity index (χ0) is 22.3. The number of carbonyl (C=O) groups is 2. The lowest BCUT2D eigenvalue weighted by atomic mass is 10.1. The molecule has 30 heavy (non-hydrogen) atoms. The molecule has 0 fully saturated rings. The summed E-state index contributed by atoms with van der Waals surface area (Å²) >= 11 is 0. The van der Waals surface area contributed by atoms with Crippen LogP contribution in [0, 0.1) is 6.92 Å². The number of carbonyl (C=O) groups excluding carboxylic acids is 2. The van der Waals surface area contributed by atoms with Crippen molar-refractivity contribution in [2.75, 3.05) is 37.7 Å². The number of nitrogens with zero attached hydrogens (tertiary/aromatic N) is 2. The predicted octanol–water partition coefficient (Wildman–Crippen LogP) is 2.21. The Kier molecular flexibility index (Phi) is 8.00. The SMILES string of the molecule is Cc1cccc(CCCNC(=O)CN(c2ccc(C(=O)N(C)C)cc2)S(C)(=O)=O)c1. The number of amides is 2. The van der Waals surface area contributed by atoms with Crippen molar-refractivity contribution >= 4 is 27.5 Å². The zero-order valence-electron chi connectivity index (χ0n) is 17.9. The topological polar surface area (TPSA) is 86.8 Å². The van der Waals surface area contributed by atoms with Crippen LogP contribution in [0.4, 0.5) is 5.69 Å². The second-order valence-electron chi connectivity index (χ2n) is 7.46. The first-order valence-electron chi connectivity index (χ1n) is 9.69. The maximum absolute atomic E-state index is 12.3. The van der Waals surface area contributed by atoms with Gasteiger partial charge in [0.15, 0.2) is 0 Å². The van der Waals surface area contributed by atoms with Gasteiger partial charge < -0.3 is 10.2 Å². The molecule has 2 aromatic carbocycles. The summed E-state index contributed by atoms with van der Waals surface area (Å²) in [6, 6.07) is 14.4. The average Bonchev–Trinajstić information content (AvgIpc) is 2.68. The van der Waals surface area contributed by atoms with Crippen LogP contribution in [0.1, 0.15) is 27.9 Å². The Morgan fingerprint density at radius 1 is 1.03 bits per heavy atom. The van der Waals surface area contributed by atoms with Gasteiger partial charge in [-0.25, -0.2) is 8.42 Å². The van der Waals surface area contributed by atoms with E-state index in [2.05, 4.69) is 11.4 Å². The van der Waals surface area contributed by atoms with E-state index in [1.165, 1.54) is 28.2 Å². The van der Waals surface area contributed by atoms with Crippen molar-refractivity contribution in [3.63, 3.8) is 0 Å². The number of anilines is 1. The van der Waals surface area contributed by atoms with E-state index < -0.39 is 10.0 Å². The van der Waals surface area contributed by atoms with Crippen molar-refractivity contribution in [3.8, 4) is 0 Å². The number of rotatable bonds is 9. The number of benzene rings is 2. The fraction of sp³-hybridized carbons (Fsp3) is 0.364. The average molecular weight is 432 g/mol. The zero-order valence-corrected chi connectivity index (χ0v) is 18.7. The smallest absolute Gasteiger partial charge is 0.253 e. The van der Waals surface area contributed by atoms with Crippen molar-refractivity contribution in [2.24, 2.45) is 0 Å². The molecule has 0 heterocycles. The molecular weight excluding hydrogens is 402 g/mol. The number of hydrogen-bond acceptors (Lipinski definition) is 4. The van der Waals surface area contributed by atoms with E-state index in [4.69, 9.17) is 0 Å². The molecule has 2 amide bonds.